The number of nitrogens with zero attached hydrogens (tertiary/aromatic N) is 4. The van der Waals surface area contributed by atoms with Crippen molar-refractivity contribution in [2.75, 3.05) is 4.90 Å². The van der Waals surface area contributed by atoms with Gasteiger partial charge in [0.1, 0.15) is 5.82 Å². The first-order valence-corrected chi connectivity index (χ1v) is 15.9. The van der Waals surface area contributed by atoms with Crippen LogP contribution in [-0.4, -0.2) is 14.5 Å². The number of thiophene rings is 1. The molecule has 0 unspecified atom stereocenters. The van der Waals surface area contributed by atoms with Gasteiger partial charge in [0.2, 0.25) is 5.95 Å². The molecule has 6 aromatic carbocycles. The molecule has 5 heteroatoms. The highest BCUT2D eigenvalue weighted by Gasteiger charge is 2.31. The lowest BCUT2D eigenvalue weighted by atomic mass is 9.95. The molecule has 0 fully saturated rings. The Morgan fingerprint density at radius 1 is 0.556 bits per heavy atom. The molecule has 9 aromatic rings. The summed E-state index contributed by atoms with van der Waals surface area (Å²) in [6.45, 7) is 0. The van der Waals surface area contributed by atoms with Gasteiger partial charge < -0.3 is 0 Å². The Hall–Kier alpha value is -5.78. The lowest BCUT2D eigenvalue weighted by Gasteiger charge is -2.25. The van der Waals surface area contributed by atoms with Crippen LogP contribution in [0.15, 0.2) is 146 Å². The second kappa shape index (κ2) is 9.36. The molecule has 0 bridgehead atoms. The van der Waals surface area contributed by atoms with Gasteiger partial charge in [-0.2, -0.15) is 0 Å². The fourth-order valence-corrected chi connectivity index (χ4v) is 8.13. The summed E-state index contributed by atoms with van der Waals surface area (Å²) in [7, 11) is 0. The van der Waals surface area contributed by atoms with Crippen LogP contribution < -0.4 is 4.90 Å². The van der Waals surface area contributed by atoms with Gasteiger partial charge in [-0.3, -0.25) is 9.47 Å². The number of anilines is 3. The van der Waals surface area contributed by atoms with Crippen LogP contribution in [0.3, 0.4) is 0 Å². The Balaban J connectivity index is 1.39. The second-order valence-corrected chi connectivity index (χ2v) is 12.5. The van der Waals surface area contributed by atoms with Crippen LogP contribution in [0.25, 0.3) is 70.0 Å². The first-order chi connectivity index (χ1) is 22.3. The number of para-hydroxylation sites is 2. The Kier molecular flexibility index (Phi) is 5.12. The third-order valence-electron chi connectivity index (χ3n) is 8.94. The van der Waals surface area contributed by atoms with Gasteiger partial charge in [-0.1, -0.05) is 115 Å². The molecular formula is C40H24N4S. The average molecular weight is 593 g/mol. The summed E-state index contributed by atoms with van der Waals surface area (Å²) in [6, 6.07) is 51.8. The minimum atomic E-state index is 0.651. The predicted octanol–water partition coefficient (Wildman–Crippen LogP) is 11.1. The van der Waals surface area contributed by atoms with Gasteiger partial charge in [-0.25, -0.2) is 9.97 Å². The molecule has 0 saturated carbocycles. The lowest BCUT2D eigenvalue weighted by molar-refractivity contribution is 1.04. The molecule has 1 aliphatic heterocycles. The fourth-order valence-electron chi connectivity index (χ4n) is 6.97. The molecule has 0 amide bonds. The van der Waals surface area contributed by atoms with Crippen molar-refractivity contribution in [3.8, 4) is 28.1 Å². The van der Waals surface area contributed by atoms with Crippen LogP contribution in [0.4, 0.5) is 17.5 Å². The highest BCUT2D eigenvalue weighted by molar-refractivity contribution is 7.26. The largest absolute Gasteiger partial charge is 0.295 e. The van der Waals surface area contributed by atoms with E-state index in [-0.39, 0.29) is 0 Å². The molecule has 0 N–H and O–H groups in total. The number of benzene rings is 6. The number of rotatable bonds is 2. The molecule has 0 spiro atoms. The Morgan fingerprint density at radius 2 is 1.29 bits per heavy atom. The van der Waals surface area contributed by atoms with Gasteiger partial charge in [0.25, 0.3) is 0 Å². The van der Waals surface area contributed by atoms with Gasteiger partial charge in [-0.15, -0.1) is 11.3 Å². The highest BCUT2D eigenvalue weighted by Crippen LogP contribution is 2.51. The molecule has 0 radical (unpaired) electrons. The first kappa shape index (κ1) is 24.6. The van der Waals surface area contributed by atoms with Crippen molar-refractivity contribution in [2.45, 2.75) is 0 Å². The zero-order chi connectivity index (χ0) is 29.5. The van der Waals surface area contributed by atoms with Crippen LogP contribution in [-0.2, 0) is 0 Å². The number of fused-ring (bicyclic) bond motifs is 12. The predicted molar refractivity (Wildman–Crippen MR) is 188 cm³/mol. The molecule has 45 heavy (non-hydrogen) atoms. The van der Waals surface area contributed by atoms with E-state index in [0.29, 0.717) is 5.95 Å². The smallest absolute Gasteiger partial charge is 0.237 e. The number of aromatic nitrogens is 3. The van der Waals surface area contributed by atoms with E-state index in [1.807, 2.05) is 0 Å². The van der Waals surface area contributed by atoms with Gasteiger partial charge in [0.05, 0.1) is 32.8 Å². The normalized spacial score (nSPS) is 12.4. The Labute approximate surface area is 263 Å². The van der Waals surface area contributed by atoms with Crippen LogP contribution in [0.1, 0.15) is 0 Å². The fraction of sp³-hybridized carbons (Fsp3) is 0. The molecule has 1 aliphatic rings. The summed E-state index contributed by atoms with van der Waals surface area (Å²) in [5, 5.41) is 4.72. The molecular weight excluding hydrogens is 569 g/mol. The zero-order valence-electron chi connectivity index (χ0n) is 24.1. The second-order valence-electron chi connectivity index (χ2n) is 11.4. The van der Waals surface area contributed by atoms with Crippen molar-refractivity contribution < 1.29 is 0 Å². The maximum absolute atomic E-state index is 5.45. The quantitative estimate of drug-likeness (QED) is 0.200. The van der Waals surface area contributed by atoms with E-state index in [1.54, 1.807) is 11.3 Å². The maximum atomic E-state index is 5.45. The number of hydrogen-bond donors (Lipinski definition) is 0. The summed E-state index contributed by atoms with van der Waals surface area (Å²) in [5.74, 6) is 1.66. The molecule has 0 atom stereocenters. The van der Waals surface area contributed by atoms with E-state index in [4.69, 9.17) is 9.97 Å². The van der Waals surface area contributed by atoms with Crippen molar-refractivity contribution in [1.29, 1.82) is 0 Å². The van der Waals surface area contributed by atoms with Crippen molar-refractivity contribution in [2.24, 2.45) is 0 Å². The van der Waals surface area contributed by atoms with Crippen molar-refractivity contribution >= 4 is 70.8 Å². The minimum absolute atomic E-state index is 0.651. The van der Waals surface area contributed by atoms with Crippen LogP contribution in [0.2, 0.25) is 0 Å². The summed E-state index contributed by atoms with van der Waals surface area (Å²) in [5.41, 5.74) is 8.70. The molecule has 4 heterocycles. The molecule has 4 nitrogen and oxygen atoms in total. The lowest BCUT2D eigenvalue weighted by Crippen LogP contribution is -2.16. The SMILES string of the molecule is c1ccc(-c2nc(N3c4ccc5ccccc5c4-c4ccccc4-n4c3cc3ccccc34)nc3c2sc2ccccc23)cc1. The summed E-state index contributed by atoms with van der Waals surface area (Å²) in [4.78, 5) is 13.2. The average Bonchev–Trinajstić information content (AvgIpc) is 3.64. The maximum Gasteiger partial charge on any atom is 0.237 e. The van der Waals surface area contributed by atoms with Crippen LogP contribution >= 0.6 is 11.3 Å². The molecule has 10 rings (SSSR count). The first-order valence-electron chi connectivity index (χ1n) is 15.1. The molecule has 0 saturated heterocycles. The van der Waals surface area contributed by atoms with E-state index < -0.39 is 0 Å². The summed E-state index contributed by atoms with van der Waals surface area (Å²) >= 11 is 1.76. The summed E-state index contributed by atoms with van der Waals surface area (Å²) in [6.07, 6.45) is 0. The molecule has 210 valence electrons. The van der Waals surface area contributed by atoms with E-state index in [0.717, 1.165) is 49.6 Å². The van der Waals surface area contributed by atoms with Crippen molar-refractivity contribution in [3.63, 3.8) is 0 Å². The number of hydrogen-bond acceptors (Lipinski definition) is 4. The Morgan fingerprint density at radius 3 is 2.20 bits per heavy atom. The van der Waals surface area contributed by atoms with Crippen molar-refractivity contribution in [1.82, 2.24) is 14.5 Å². The van der Waals surface area contributed by atoms with E-state index in [9.17, 15) is 0 Å². The van der Waals surface area contributed by atoms with Gasteiger partial charge in [-0.05, 0) is 41.1 Å². The van der Waals surface area contributed by atoms with E-state index in [1.165, 1.54) is 32.0 Å². The zero-order valence-corrected chi connectivity index (χ0v) is 24.9. The minimum Gasteiger partial charge on any atom is -0.295 e. The third kappa shape index (κ3) is 3.53. The summed E-state index contributed by atoms with van der Waals surface area (Å²) < 4.78 is 4.68. The monoisotopic (exact) mass is 592 g/mol. The molecule has 3 aromatic heterocycles. The standard InChI is InChI=1S/C40H24N4S/c1-2-13-26(14-3-1)37-39-38(30-18-8-11-21-34(30)45-39)42-40(41-37)44-33-23-22-25-12-4-6-16-28(25)36(33)29-17-7-10-20-32(29)43-31-19-9-5-15-27(31)24-35(43)44/h1-24H. The van der Waals surface area contributed by atoms with Crippen LogP contribution in [0.5, 0.6) is 0 Å². The van der Waals surface area contributed by atoms with E-state index in [2.05, 4.69) is 155 Å². The van der Waals surface area contributed by atoms with Crippen molar-refractivity contribution in [3.05, 3.63) is 146 Å². The van der Waals surface area contributed by atoms with Crippen LogP contribution in [0, 0.1) is 0 Å². The topological polar surface area (TPSA) is 34.0 Å². The Bertz CT molecular complexity index is 2610. The third-order valence-corrected chi connectivity index (χ3v) is 10.1. The van der Waals surface area contributed by atoms with Gasteiger partial charge >= 0.3 is 0 Å². The van der Waals surface area contributed by atoms with Gasteiger partial charge in [0.15, 0.2) is 0 Å². The molecule has 0 aliphatic carbocycles. The highest BCUT2D eigenvalue weighted by atomic mass is 32.1. The van der Waals surface area contributed by atoms with E-state index >= 15 is 0 Å². The van der Waals surface area contributed by atoms with Gasteiger partial charge in [0, 0.05) is 32.2 Å².